The minimum Gasteiger partial charge on any atom is -0.492 e. The van der Waals surface area contributed by atoms with Crippen LogP contribution in [0.1, 0.15) is 97.0 Å². The van der Waals surface area contributed by atoms with Crippen LogP contribution in [-0.2, 0) is 45.3 Å². The molecule has 2 aromatic rings. The molecule has 3 aliphatic heterocycles. The smallest absolute Gasteiger partial charge is 0.306 e. The number of nitrogens with one attached hydrogen (secondary N) is 1. The van der Waals surface area contributed by atoms with Crippen molar-refractivity contribution in [1.82, 2.24) is 23.8 Å². The molecule has 63 heavy (non-hydrogen) atoms. The number of aromatic nitrogens is 1. The highest BCUT2D eigenvalue weighted by atomic mass is 32.2. The number of ether oxygens (including phenoxy) is 4. The SMILES string of the molecule is C=C[C@@H]1C[C@]1(CC(=O)[C@@H]1C[C@@H]2CN1C(=O)[C@H](C(C)(C)C)CC(=O)O[C@@H]1CCC[C@H]1CCCCCc1cc3c(OCCN4CCOCC4)cccc3nc1O2)C(=O)NS(=O)(=O)N(C)C. The molecule has 0 spiro atoms. The van der Waals surface area contributed by atoms with Gasteiger partial charge < -0.3 is 23.8 Å². The van der Waals surface area contributed by atoms with E-state index >= 15 is 0 Å². The minimum absolute atomic E-state index is 0.0461. The maximum atomic E-state index is 15.0. The van der Waals surface area contributed by atoms with E-state index in [9.17, 15) is 27.6 Å². The zero-order valence-corrected chi connectivity index (χ0v) is 38.6. The van der Waals surface area contributed by atoms with E-state index in [-0.39, 0.29) is 50.2 Å². The van der Waals surface area contributed by atoms with Crippen molar-refractivity contribution < 1.29 is 46.5 Å². The highest BCUT2D eigenvalue weighted by molar-refractivity contribution is 7.87. The third-order valence-corrected chi connectivity index (χ3v) is 15.4. The minimum atomic E-state index is -4.14. The van der Waals surface area contributed by atoms with E-state index in [0.717, 1.165) is 98.8 Å². The van der Waals surface area contributed by atoms with Gasteiger partial charge in [-0.3, -0.25) is 24.1 Å². The number of carbonyl (C=O) groups is 4. The number of amides is 2. The summed E-state index contributed by atoms with van der Waals surface area (Å²) >= 11 is 0. The number of hydrogen-bond acceptors (Lipinski definition) is 12. The molecule has 2 saturated carbocycles. The van der Waals surface area contributed by atoms with Gasteiger partial charge in [0.25, 0.3) is 0 Å². The van der Waals surface area contributed by atoms with Crippen molar-refractivity contribution in [3.63, 3.8) is 0 Å². The number of morpholine rings is 1. The van der Waals surface area contributed by atoms with E-state index in [1.165, 1.54) is 19.0 Å². The second-order valence-electron chi connectivity index (χ2n) is 19.6. The summed E-state index contributed by atoms with van der Waals surface area (Å²) in [5.74, 6) is -1.80. The first-order valence-corrected chi connectivity index (χ1v) is 24.3. The Morgan fingerprint density at radius 3 is 2.54 bits per heavy atom. The quantitative estimate of drug-likeness (QED) is 0.230. The molecular formula is C47H67N5O10S. The third kappa shape index (κ3) is 10.9. The number of benzene rings is 1. The number of esters is 1. The van der Waals surface area contributed by atoms with Gasteiger partial charge in [0, 0.05) is 57.5 Å². The molecule has 5 aliphatic rings. The van der Waals surface area contributed by atoms with Crippen molar-refractivity contribution in [2.75, 3.05) is 60.1 Å². The van der Waals surface area contributed by atoms with Gasteiger partial charge in [-0.2, -0.15) is 12.7 Å². The summed E-state index contributed by atoms with van der Waals surface area (Å²) in [4.78, 5) is 66.0. The fourth-order valence-electron chi connectivity index (χ4n) is 9.96. The molecule has 0 radical (unpaired) electrons. The molecule has 1 aromatic carbocycles. The van der Waals surface area contributed by atoms with Crippen LogP contribution in [0.25, 0.3) is 10.9 Å². The van der Waals surface area contributed by atoms with E-state index in [1.54, 1.807) is 6.08 Å². The first-order chi connectivity index (χ1) is 30.0. The number of rotatable bonds is 11. The zero-order valence-electron chi connectivity index (χ0n) is 37.8. The van der Waals surface area contributed by atoms with Crippen LogP contribution in [0.3, 0.4) is 0 Å². The van der Waals surface area contributed by atoms with E-state index in [4.69, 9.17) is 23.9 Å². The van der Waals surface area contributed by atoms with Crippen LogP contribution in [0, 0.1) is 28.6 Å². The van der Waals surface area contributed by atoms with E-state index in [1.807, 2.05) is 39.0 Å². The first kappa shape index (κ1) is 46.9. The van der Waals surface area contributed by atoms with Gasteiger partial charge in [-0.25, -0.2) is 9.71 Å². The number of ketones is 1. The molecule has 0 unspecified atom stereocenters. The Morgan fingerprint density at radius 2 is 1.83 bits per heavy atom. The van der Waals surface area contributed by atoms with Gasteiger partial charge in [-0.15, -0.1) is 6.58 Å². The summed E-state index contributed by atoms with van der Waals surface area (Å²) in [6.45, 7) is 14.1. The van der Waals surface area contributed by atoms with Crippen molar-refractivity contribution in [3.8, 4) is 11.6 Å². The number of pyridine rings is 1. The lowest BCUT2D eigenvalue weighted by Crippen LogP contribution is -2.49. The Balaban J connectivity index is 1.21. The molecule has 1 aromatic heterocycles. The number of aryl methyl sites for hydroxylation is 1. The maximum Gasteiger partial charge on any atom is 0.306 e. The Kier molecular flexibility index (Phi) is 14.5. The van der Waals surface area contributed by atoms with Crippen LogP contribution >= 0.6 is 0 Å². The lowest BCUT2D eigenvalue weighted by Gasteiger charge is -2.35. The fraction of sp³-hybridized carbons (Fsp3) is 0.681. The molecular weight excluding hydrogens is 827 g/mol. The van der Waals surface area contributed by atoms with Gasteiger partial charge in [0.2, 0.25) is 17.7 Å². The molecule has 16 heteroatoms. The summed E-state index contributed by atoms with van der Waals surface area (Å²) in [7, 11) is -1.52. The van der Waals surface area contributed by atoms with Crippen LogP contribution in [0.5, 0.6) is 11.6 Å². The number of nitrogens with zero attached hydrogens (tertiary/aromatic N) is 4. The Bertz CT molecular complexity index is 2140. The van der Waals surface area contributed by atoms with Gasteiger partial charge in [-0.1, -0.05) is 45.8 Å². The van der Waals surface area contributed by atoms with Crippen molar-refractivity contribution in [1.29, 1.82) is 0 Å². The largest absolute Gasteiger partial charge is 0.492 e. The molecule has 7 rings (SSSR count). The number of hydrogen-bond donors (Lipinski definition) is 1. The third-order valence-electron chi connectivity index (χ3n) is 14.0. The molecule has 15 nitrogen and oxygen atoms in total. The monoisotopic (exact) mass is 893 g/mol. The van der Waals surface area contributed by atoms with Crippen LogP contribution < -0.4 is 14.2 Å². The van der Waals surface area contributed by atoms with Crippen LogP contribution in [0.2, 0.25) is 0 Å². The second kappa shape index (κ2) is 19.5. The summed E-state index contributed by atoms with van der Waals surface area (Å²) < 4.78 is 53.4. The van der Waals surface area contributed by atoms with Gasteiger partial charge in [0.1, 0.15) is 24.6 Å². The van der Waals surface area contributed by atoms with Crippen LogP contribution in [0.4, 0.5) is 0 Å². The number of carbonyl (C=O) groups excluding carboxylic acids is 4. The Labute approximate surface area is 372 Å². The Hall–Kier alpha value is -4.12. The maximum absolute atomic E-state index is 15.0. The molecule has 1 N–H and O–H groups in total. The van der Waals surface area contributed by atoms with E-state index < -0.39 is 62.7 Å². The van der Waals surface area contributed by atoms with Crippen LogP contribution in [-0.4, -0.2) is 129 Å². The lowest BCUT2D eigenvalue weighted by molar-refractivity contribution is -0.158. The molecule has 2 amide bonds. The first-order valence-electron chi connectivity index (χ1n) is 22.9. The van der Waals surface area contributed by atoms with Crippen LogP contribution in [0.15, 0.2) is 36.9 Å². The average molecular weight is 894 g/mol. The van der Waals surface area contributed by atoms with Crippen molar-refractivity contribution >= 4 is 44.7 Å². The van der Waals surface area contributed by atoms with E-state index in [0.29, 0.717) is 24.4 Å². The molecule has 2 aliphatic carbocycles. The number of Topliss-reactive ketones (excluding diaryl/α,β-unsaturated/α-hetero) is 1. The van der Waals surface area contributed by atoms with Gasteiger partial charge >= 0.3 is 16.2 Å². The fourth-order valence-corrected chi connectivity index (χ4v) is 10.6. The van der Waals surface area contributed by atoms with Gasteiger partial charge in [0.15, 0.2) is 5.78 Å². The van der Waals surface area contributed by atoms with Crippen molar-refractivity contribution in [2.45, 2.75) is 116 Å². The standard InChI is InChI=1S/C47H67N5O10S/c1-7-33-28-47(33,45(56)49-63(57,58)50(5)6)29-39(53)38-26-34-30-52(38)44(55)36(46(2,3)4)27-42(54)62-40-17-11-15-31(40)13-9-8-10-14-32-25-35-37(48-43(32)61-34)16-12-18-41(35)60-24-21-51-19-22-59-23-20-51/h7,12,16,18,25,31,33-34,36,38,40H,1,8-11,13-15,17,19-24,26-30H2,2-6H3,(H,49,56)/t31-,33-,34-,36-,38+,40-,47-/m1/s1. The molecule has 4 fully saturated rings. The highest BCUT2D eigenvalue weighted by Gasteiger charge is 2.61. The van der Waals surface area contributed by atoms with Crippen molar-refractivity contribution in [3.05, 3.63) is 42.5 Å². The zero-order chi connectivity index (χ0) is 45.1. The lowest BCUT2D eigenvalue weighted by atomic mass is 9.77. The number of fused-ring (bicyclic) bond motifs is 5. The normalized spacial score (nSPS) is 28.9. The van der Waals surface area contributed by atoms with Gasteiger partial charge in [-0.05, 0) is 80.4 Å². The molecule has 2 saturated heterocycles. The predicted octanol–water partition coefficient (Wildman–Crippen LogP) is 5.25. The second-order valence-corrected chi connectivity index (χ2v) is 21.4. The Morgan fingerprint density at radius 1 is 1.06 bits per heavy atom. The van der Waals surface area contributed by atoms with E-state index in [2.05, 4.69) is 22.3 Å². The molecule has 7 atom stereocenters. The molecule has 2 bridgehead atoms. The summed E-state index contributed by atoms with van der Waals surface area (Å²) in [5, 5.41) is 0.880. The summed E-state index contributed by atoms with van der Waals surface area (Å²) in [5.41, 5.74) is -0.422. The molecule has 346 valence electrons. The predicted molar refractivity (Wildman–Crippen MR) is 237 cm³/mol. The molecule has 4 heterocycles. The summed E-state index contributed by atoms with van der Waals surface area (Å²) in [6, 6.07) is 6.89. The average Bonchev–Trinajstić information content (AvgIpc) is 3.51. The topological polar surface area (TPSA) is 174 Å². The summed E-state index contributed by atoms with van der Waals surface area (Å²) in [6.07, 6.45) is 7.87. The van der Waals surface area contributed by atoms with Crippen molar-refractivity contribution in [2.24, 2.45) is 28.6 Å². The highest BCUT2D eigenvalue weighted by Crippen LogP contribution is 2.57. The number of allylic oxidation sites excluding steroid dienone is 1. The van der Waals surface area contributed by atoms with Gasteiger partial charge in [0.05, 0.1) is 49.1 Å².